The predicted molar refractivity (Wildman–Crippen MR) is 63.9 cm³/mol. The van der Waals surface area contributed by atoms with Gasteiger partial charge in [0.1, 0.15) is 0 Å². The molecule has 0 aromatic carbocycles. The van der Waals surface area contributed by atoms with Gasteiger partial charge in [-0.1, -0.05) is 33.1 Å². The van der Waals surface area contributed by atoms with Crippen LogP contribution in [0.1, 0.15) is 39.5 Å². The Hall–Kier alpha value is -0.0900. The molecule has 0 heterocycles. The Bertz CT molecular complexity index is 172. The summed E-state index contributed by atoms with van der Waals surface area (Å²) < 4.78 is 5.11. The fourth-order valence-corrected chi connectivity index (χ4v) is 1.67. The molecule has 0 aliphatic carbocycles. The standard InChI is InChI=1S/C10H19O2S2/c1-3-5-6-9(4-2)7-12-10(11)8-14-13/h9H,3-8H2,1-2H3/q+1. The van der Waals surface area contributed by atoms with Crippen LogP contribution in [0.3, 0.4) is 0 Å². The molecule has 1 atom stereocenters. The second-order valence-corrected chi connectivity index (χ2v) is 4.59. The van der Waals surface area contributed by atoms with Crippen molar-refractivity contribution in [2.45, 2.75) is 39.5 Å². The van der Waals surface area contributed by atoms with E-state index in [2.05, 4.69) is 25.0 Å². The molecule has 1 unspecified atom stereocenters. The summed E-state index contributed by atoms with van der Waals surface area (Å²) in [5, 5.41) is 0. The minimum atomic E-state index is -0.181. The number of hydrogen-bond acceptors (Lipinski definition) is 3. The lowest BCUT2D eigenvalue weighted by Gasteiger charge is -2.13. The molecular formula is C10H19O2S2+. The summed E-state index contributed by atoms with van der Waals surface area (Å²) in [5.74, 6) is 0.633. The van der Waals surface area contributed by atoms with E-state index in [-0.39, 0.29) is 5.97 Å². The fourth-order valence-electron chi connectivity index (χ4n) is 1.20. The average Bonchev–Trinajstić information content (AvgIpc) is 2.19. The summed E-state index contributed by atoms with van der Waals surface area (Å²) in [5.41, 5.74) is 0. The molecule has 0 rings (SSSR count). The van der Waals surface area contributed by atoms with Crippen molar-refractivity contribution in [3.63, 3.8) is 0 Å². The topological polar surface area (TPSA) is 26.3 Å². The second-order valence-electron chi connectivity index (χ2n) is 3.36. The minimum absolute atomic E-state index is 0.181. The summed E-state index contributed by atoms with van der Waals surface area (Å²) in [6, 6.07) is 0. The molecule has 0 aromatic rings. The SMILES string of the molecule is CCCCC(CC)COC(=O)C[S+]=S. The van der Waals surface area contributed by atoms with Gasteiger partial charge in [0, 0.05) is 0 Å². The van der Waals surface area contributed by atoms with Crippen LogP contribution >= 0.6 is 0 Å². The number of hydrogen-bond donors (Lipinski definition) is 0. The zero-order valence-corrected chi connectivity index (χ0v) is 10.6. The Morgan fingerprint density at radius 3 is 2.71 bits per heavy atom. The van der Waals surface area contributed by atoms with Crippen LogP contribution in [-0.4, -0.2) is 18.3 Å². The van der Waals surface area contributed by atoms with E-state index in [1.54, 1.807) is 0 Å². The molecule has 0 radical (unpaired) electrons. The molecule has 14 heavy (non-hydrogen) atoms. The number of carbonyl (C=O) groups excluding carboxylic acids is 1. The van der Waals surface area contributed by atoms with Gasteiger partial charge in [0.25, 0.3) is 27.3 Å². The van der Waals surface area contributed by atoms with Crippen molar-refractivity contribution >= 4 is 27.5 Å². The molecule has 0 bridgehead atoms. The molecule has 0 N–H and O–H groups in total. The number of carbonyl (C=O) groups is 1. The molecule has 2 nitrogen and oxygen atoms in total. The lowest BCUT2D eigenvalue weighted by molar-refractivity contribution is -0.141. The van der Waals surface area contributed by atoms with E-state index in [9.17, 15) is 4.79 Å². The van der Waals surface area contributed by atoms with E-state index < -0.39 is 0 Å². The van der Waals surface area contributed by atoms with E-state index in [0.717, 1.165) is 23.2 Å². The second kappa shape index (κ2) is 9.46. The van der Waals surface area contributed by atoms with Crippen molar-refractivity contribution in [2.75, 3.05) is 12.4 Å². The Morgan fingerprint density at radius 1 is 1.50 bits per heavy atom. The summed E-state index contributed by atoms with van der Waals surface area (Å²) >= 11 is 4.62. The van der Waals surface area contributed by atoms with Gasteiger partial charge in [-0.25, -0.2) is 4.79 Å². The van der Waals surface area contributed by atoms with Crippen LogP contribution in [0, 0.1) is 5.92 Å². The van der Waals surface area contributed by atoms with Crippen molar-refractivity contribution in [1.29, 1.82) is 0 Å². The first kappa shape index (κ1) is 13.9. The summed E-state index contributed by atoms with van der Waals surface area (Å²) in [6.07, 6.45) is 4.65. The van der Waals surface area contributed by atoms with Gasteiger partial charge in [0.2, 0.25) is 0 Å². The quantitative estimate of drug-likeness (QED) is 0.477. The van der Waals surface area contributed by atoms with Crippen LogP contribution in [0.2, 0.25) is 0 Å². The van der Waals surface area contributed by atoms with E-state index in [1.807, 2.05) is 0 Å². The Balaban J connectivity index is 3.60. The van der Waals surface area contributed by atoms with Crippen LogP contribution < -0.4 is 0 Å². The highest BCUT2D eigenvalue weighted by molar-refractivity contribution is 8.18. The van der Waals surface area contributed by atoms with Crippen LogP contribution in [0.15, 0.2) is 0 Å². The monoisotopic (exact) mass is 235 g/mol. The largest absolute Gasteiger partial charge is 0.461 e. The molecule has 82 valence electrons. The molecule has 0 aliphatic heterocycles. The lowest BCUT2D eigenvalue weighted by atomic mass is 10.0. The highest BCUT2D eigenvalue weighted by atomic mass is 32.8. The third-order valence-electron chi connectivity index (χ3n) is 2.20. The molecule has 0 aliphatic rings. The maximum absolute atomic E-state index is 11.0. The van der Waals surface area contributed by atoms with Crippen molar-refractivity contribution in [1.82, 2.24) is 0 Å². The Morgan fingerprint density at radius 2 is 2.21 bits per heavy atom. The maximum Gasteiger partial charge on any atom is 0.367 e. The van der Waals surface area contributed by atoms with Gasteiger partial charge in [0.15, 0.2) is 0 Å². The molecule has 0 spiro atoms. The Labute approximate surface area is 95.0 Å². The van der Waals surface area contributed by atoms with E-state index in [4.69, 9.17) is 4.74 Å². The average molecular weight is 235 g/mol. The first-order valence-electron chi connectivity index (χ1n) is 5.14. The zero-order valence-electron chi connectivity index (χ0n) is 8.95. The van der Waals surface area contributed by atoms with E-state index in [1.165, 1.54) is 12.8 Å². The number of ether oxygens (including phenoxy) is 1. The van der Waals surface area contributed by atoms with Crippen molar-refractivity contribution in [2.24, 2.45) is 5.92 Å². The van der Waals surface area contributed by atoms with E-state index in [0.29, 0.717) is 18.3 Å². The molecule has 0 fully saturated rings. The number of rotatable bonds is 8. The third-order valence-corrected chi connectivity index (χ3v) is 2.91. The van der Waals surface area contributed by atoms with Crippen molar-refractivity contribution < 1.29 is 9.53 Å². The smallest absolute Gasteiger partial charge is 0.367 e. The summed E-state index contributed by atoms with van der Waals surface area (Å²) in [6.45, 7) is 4.87. The first-order chi connectivity index (χ1) is 6.74. The van der Waals surface area contributed by atoms with Crippen LogP contribution in [0.5, 0.6) is 0 Å². The van der Waals surface area contributed by atoms with Gasteiger partial charge in [0.05, 0.1) is 6.61 Å². The number of unbranched alkanes of at least 4 members (excludes halogenated alkanes) is 1. The predicted octanol–water partition coefficient (Wildman–Crippen LogP) is 2.29. The van der Waals surface area contributed by atoms with Gasteiger partial charge in [-0.3, -0.25) is 0 Å². The minimum Gasteiger partial charge on any atom is -0.461 e. The van der Waals surface area contributed by atoms with Gasteiger partial charge in [-0.05, 0) is 12.3 Å². The highest BCUT2D eigenvalue weighted by Gasteiger charge is 2.12. The third kappa shape index (κ3) is 7.33. The van der Waals surface area contributed by atoms with Crippen molar-refractivity contribution in [3.05, 3.63) is 0 Å². The highest BCUT2D eigenvalue weighted by Crippen LogP contribution is 2.12. The maximum atomic E-state index is 11.0. The van der Waals surface area contributed by atoms with Gasteiger partial charge in [-0.15, -0.1) is 0 Å². The zero-order chi connectivity index (χ0) is 10.8. The molecule has 0 saturated carbocycles. The molecular weight excluding hydrogens is 216 g/mol. The number of esters is 1. The van der Waals surface area contributed by atoms with E-state index >= 15 is 0 Å². The normalized spacial score (nSPS) is 12.1. The summed E-state index contributed by atoms with van der Waals surface area (Å²) in [7, 11) is 1.10. The molecule has 0 amide bonds. The van der Waals surface area contributed by atoms with Crippen LogP contribution in [0.25, 0.3) is 0 Å². The van der Waals surface area contributed by atoms with Gasteiger partial charge >= 0.3 is 5.97 Å². The molecule has 4 heteroatoms. The van der Waals surface area contributed by atoms with Crippen LogP contribution in [0.4, 0.5) is 0 Å². The summed E-state index contributed by atoms with van der Waals surface area (Å²) in [4.78, 5) is 11.0. The lowest BCUT2D eigenvalue weighted by Crippen LogP contribution is -2.15. The first-order valence-corrected chi connectivity index (χ1v) is 7.06. The van der Waals surface area contributed by atoms with Gasteiger partial charge in [-0.2, -0.15) is 0 Å². The van der Waals surface area contributed by atoms with Crippen LogP contribution in [-0.2, 0) is 31.0 Å². The molecule has 0 saturated heterocycles. The molecule has 0 aromatic heterocycles. The van der Waals surface area contributed by atoms with Crippen molar-refractivity contribution in [3.8, 4) is 0 Å². The van der Waals surface area contributed by atoms with Gasteiger partial charge < -0.3 is 4.74 Å². The fraction of sp³-hybridized carbons (Fsp3) is 0.900. The Kier molecular flexibility index (Phi) is 9.40.